The predicted octanol–water partition coefficient (Wildman–Crippen LogP) is 3.47. The number of carbonyl (C=O) groups is 1. The molecule has 1 amide bonds. The fraction of sp³-hybridized carbons (Fsp3) is 0.150. The van der Waals surface area contributed by atoms with E-state index in [2.05, 4.69) is 15.3 Å². The van der Waals surface area contributed by atoms with Gasteiger partial charge in [-0.05, 0) is 49.7 Å². The summed E-state index contributed by atoms with van der Waals surface area (Å²) in [6, 6.07) is 15.1. The summed E-state index contributed by atoms with van der Waals surface area (Å²) in [6.07, 6.45) is 1.66. The third-order valence-electron chi connectivity index (χ3n) is 3.89. The van der Waals surface area contributed by atoms with E-state index in [1.807, 2.05) is 50.2 Å². The SMILES string of the molecule is Cc1cc(C)c(CNC(=O)c2cccnc2Sc2ccccc2)c(=O)[nH]1. The van der Waals surface area contributed by atoms with Gasteiger partial charge in [0, 0.05) is 28.9 Å². The van der Waals surface area contributed by atoms with Crippen LogP contribution in [0.25, 0.3) is 0 Å². The van der Waals surface area contributed by atoms with Gasteiger partial charge in [-0.2, -0.15) is 0 Å². The Bertz CT molecular complexity index is 984. The quantitative estimate of drug-likeness (QED) is 0.726. The van der Waals surface area contributed by atoms with Crippen molar-refractivity contribution in [1.82, 2.24) is 15.3 Å². The Kier molecular flexibility index (Phi) is 5.53. The molecule has 3 aromatic rings. The van der Waals surface area contributed by atoms with Crippen molar-refractivity contribution in [1.29, 1.82) is 0 Å². The van der Waals surface area contributed by atoms with E-state index in [0.29, 0.717) is 16.2 Å². The highest BCUT2D eigenvalue weighted by Crippen LogP contribution is 2.28. The van der Waals surface area contributed by atoms with Crippen LogP contribution in [0.1, 0.15) is 27.2 Å². The molecule has 26 heavy (non-hydrogen) atoms. The predicted molar refractivity (Wildman–Crippen MR) is 103 cm³/mol. The number of hydrogen-bond acceptors (Lipinski definition) is 4. The first-order valence-corrected chi connectivity index (χ1v) is 9.02. The van der Waals surface area contributed by atoms with Crippen LogP contribution < -0.4 is 10.9 Å². The smallest absolute Gasteiger partial charge is 0.254 e. The number of rotatable bonds is 5. The van der Waals surface area contributed by atoms with Crippen molar-refractivity contribution in [2.45, 2.75) is 30.3 Å². The first-order chi connectivity index (χ1) is 12.5. The average Bonchev–Trinajstić information content (AvgIpc) is 2.62. The van der Waals surface area contributed by atoms with Crippen LogP contribution in [-0.2, 0) is 6.54 Å². The van der Waals surface area contributed by atoms with Gasteiger partial charge in [0.15, 0.2) is 0 Å². The molecule has 5 nitrogen and oxygen atoms in total. The van der Waals surface area contributed by atoms with Gasteiger partial charge in [-0.3, -0.25) is 9.59 Å². The molecule has 0 aliphatic rings. The standard InChI is InChI=1S/C20H19N3O2S/c1-13-11-14(2)23-19(25)17(13)12-22-18(24)16-9-6-10-21-20(16)26-15-7-4-3-5-8-15/h3-11H,12H2,1-2H3,(H,22,24)(H,23,25). The summed E-state index contributed by atoms with van der Waals surface area (Å²) in [6.45, 7) is 3.87. The molecule has 0 bridgehead atoms. The number of hydrogen-bond donors (Lipinski definition) is 2. The van der Waals surface area contributed by atoms with E-state index >= 15 is 0 Å². The minimum absolute atomic E-state index is 0.171. The highest BCUT2D eigenvalue weighted by atomic mass is 32.2. The van der Waals surface area contributed by atoms with Gasteiger partial charge in [0.05, 0.1) is 5.56 Å². The lowest BCUT2D eigenvalue weighted by Crippen LogP contribution is -2.28. The summed E-state index contributed by atoms with van der Waals surface area (Å²) in [5, 5.41) is 3.46. The molecule has 0 aliphatic heterocycles. The van der Waals surface area contributed by atoms with Crippen LogP contribution in [0, 0.1) is 13.8 Å². The molecule has 0 saturated carbocycles. The molecule has 0 spiro atoms. The fourth-order valence-electron chi connectivity index (χ4n) is 2.61. The lowest BCUT2D eigenvalue weighted by molar-refractivity contribution is 0.0947. The zero-order valence-corrected chi connectivity index (χ0v) is 15.4. The third kappa shape index (κ3) is 4.21. The van der Waals surface area contributed by atoms with Crippen LogP contribution in [0.4, 0.5) is 0 Å². The summed E-state index contributed by atoms with van der Waals surface area (Å²) >= 11 is 1.43. The Morgan fingerprint density at radius 2 is 1.92 bits per heavy atom. The Balaban J connectivity index is 1.78. The van der Waals surface area contributed by atoms with Gasteiger partial charge in [-0.25, -0.2) is 4.98 Å². The number of pyridine rings is 2. The molecule has 0 atom stereocenters. The number of amides is 1. The van der Waals surface area contributed by atoms with Gasteiger partial charge in [0.1, 0.15) is 5.03 Å². The number of aryl methyl sites for hydroxylation is 2. The van der Waals surface area contributed by atoms with E-state index in [0.717, 1.165) is 16.2 Å². The second-order valence-corrected chi connectivity index (χ2v) is 6.96. The van der Waals surface area contributed by atoms with Crippen LogP contribution in [0.3, 0.4) is 0 Å². The van der Waals surface area contributed by atoms with Crippen molar-refractivity contribution >= 4 is 17.7 Å². The molecule has 0 saturated heterocycles. The molecule has 2 aromatic heterocycles. The van der Waals surface area contributed by atoms with Crippen molar-refractivity contribution in [2.24, 2.45) is 0 Å². The first kappa shape index (κ1) is 17.9. The molecule has 6 heteroatoms. The largest absolute Gasteiger partial charge is 0.348 e. The zero-order valence-electron chi connectivity index (χ0n) is 14.6. The summed E-state index contributed by atoms with van der Waals surface area (Å²) in [7, 11) is 0. The molecule has 0 aliphatic carbocycles. The number of benzene rings is 1. The van der Waals surface area contributed by atoms with Gasteiger partial charge in [-0.15, -0.1) is 0 Å². The maximum absolute atomic E-state index is 12.6. The topological polar surface area (TPSA) is 74.8 Å². The minimum atomic E-state index is -0.254. The van der Waals surface area contributed by atoms with Crippen molar-refractivity contribution in [3.63, 3.8) is 0 Å². The maximum Gasteiger partial charge on any atom is 0.254 e. The number of aromatic nitrogens is 2. The molecule has 2 N–H and O–H groups in total. The lowest BCUT2D eigenvalue weighted by Gasteiger charge is -2.10. The van der Waals surface area contributed by atoms with Crippen molar-refractivity contribution < 1.29 is 4.79 Å². The molecule has 0 fully saturated rings. The first-order valence-electron chi connectivity index (χ1n) is 8.20. The normalized spacial score (nSPS) is 10.5. The third-order valence-corrected chi connectivity index (χ3v) is 4.92. The number of aromatic amines is 1. The molecule has 0 radical (unpaired) electrons. The van der Waals surface area contributed by atoms with Gasteiger partial charge in [-0.1, -0.05) is 30.0 Å². The number of nitrogens with zero attached hydrogens (tertiary/aromatic N) is 1. The van der Waals surface area contributed by atoms with Gasteiger partial charge >= 0.3 is 0 Å². The molecule has 1 aromatic carbocycles. The van der Waals surface area contributed by atoms with Crippen LogP contribution >= 0.6 is 11.8 Å². The summed E-state index contributed by atoms with van der Waals surface area (Å²) in [5.74, 6) is -0.254. The van der Waals surface area contributed by atoms with Crippen molar-refractivity contribution in [3.8, 4) is 0 Å². The second kappa shape index (κ2) is 8.01. The van der Waals surface area contributed by atoms with Crippen molar-refractivity contribution in [3.05, 3.63) is 87.5 Å². The fourth-order valence-corrected chi connectivity index (χ4v) is 3.51. The average molecular weight is 365 g/mol. The zero-order chi connectivity index (χ0) is 18.5. The number of nitrogens with one attached hydrogen (secondary N) is 2. The summed E-state index contributed by atoms with van der Waals surface area (Å²) < 4.78 is 0. The molecule has 3 rings (SSSR count). The van der Waals surface area contributed by atoms with E-state index in [1.165, 1.54) is 11.8 Å². The van der Waals surface area contributed by atoms with E-state index in [-0.39, 0.29) is 18.0 Å². The van der Waals surface area contributed by atoms with Crippen LogP contribution in [0.5, 0.6) is 0 Å². The number of H-pyrrole nitrogens is 1. The van der Waals surface area contributed by atoms with Gasteiger partial charge in [0.2, 0.25) is 0 Å². The molecular formula is C20H19N3O2S. The summed E-state index contributed by atoms with van der Waals surface area (Å²) in [5.41, 5.74) is 2.54. The van der Waals surface area contributed by atoms with Crippen molar-refractivity contribution in [2.75, 3.05) is 0 Å². The summed E-state index contributed by atoms with van der Waals surface area (Å²) in [4.78, 5) is 32.8. The molecule has 132 valence electrons. The minimum Gasteiger partial charge on any atom is -0.348 e. The highest BCUT2D eigenvalue weighted by molar-refractivity contribution is 7.99. The van der Waals surface area contributed by atoms with Crippen LogP contribution in [0.15, 0.2) is 69.4 Å². The Morgan fingerprint density at radius 1 is 1.15 bits per heavy atom. The number of carbonyl (C=O) groups excluding carboxylic acids is 1. The van der Waals surface area contributed by atoms with E-state index in [1.54, 1.807) is 18.3 Å². The maximum atomic E-state index is 12.6. The Labute approximate surface area is 155 Å². The Hall–Kier alpha value is -2.86. The van der Waals surface area contributed by atoms with Gasteiger partial charge < -0.3 is 10.3 Å². The monoisotopic (exact) mass is 365 g/mol. The molecule has 0 unspecified atom stereocenters. The lowest BCUT2D eigenvalue weighted by atomic mass is 10.1. The second-order valence-electron chi connectivity index (χ2n) is 5.90. The van der Waals surface area contributed by atoms with E-state index < -0.39 is 0 Å². The van der Waals surface area contributed by atoms with Crippen LogP contribution in [0.2, 0.25) is 0 Å². The van der Waals surface area contributed by atoms with E-state index in [4.69, 9.17) is 0 Å². The highest BCUT2D eigenvalue weighted by Gasteiger charge is 2.14. The van der Waals surface area contributed by atoms with E-state index in [9.17, 15) is 9.59 Å². The van der Waals surface area contributed by atoms with Crippen LogP contribution in [-0.4, -0.2) is 15.9 Å². The van der Waals surface area contributed by atoms with Gasteiger partial charge in [0.25, 0.3) is 11.5 Å². The molecular weight excluding hydrogens is 346 g/mol. The molecule has 2 heterocycles. The Morgan fingerprint density at radius 3 is 2.65 bits per heavy atom.